The first-order valence-corrected chi connectivity index (χ1v) is 28.9. The monoisotopic (exact) mass is 1180 g/mol. The molecule has 0 bridgehead atoms. The van der Waals surface area contributed by atoms with E-state index in [2.05, 4.69) is 37.2 Å². The summed E-state index contributed by atoms with van der Waals surface area (Å²) in [7, 11) is 0. The zero-order valence-corrected chi connectivity index (χ0v) is 47.9. The maximum absolute atomic E-state index is 13.1. The van der Waals surface area contributed by atoms with Crippen LogP contribution in [0.5, 0.6) is 0 Å². The summed E-state index contributed by atoms with van der Waals surface area (Å²) >= 11 is 0. The van der Waals surface area contributed by atoms with Gasteiger partial charge < -0.3 is 111 Å². The average Bonchev–Trinajstić information content (AvgIpc) is 3.64. The molecule has 2 aliphatic heterocycles. The van der Waals surface area contributed by atoms with Crippen LogP contribution in [-0.2, 0) is 57.1 Å². The third-order valence-corrected chi connectivity index (χ3v) is 13.5. The number of carbonyl (C=O) groups is 7. The summed E-state index contributed by atoms with van der Waals surface area (Å²) < 4.78 is 38.4. The Morgan fingerprint density at radius 1 is 0.439 bits per heavy atom. The van der Waals surface area contributed by atoms with E-state index in [1.54, 1.807) is 0 Å². The van der Waals surface area contributed by atoms with Crippen molar-refractivity contribution in [1.82, 2.24) is 37.2 Å². The second-order valence-corrected chi connectivity index (χ2v) is 20.4. The molecule has 0 aromatic rings. The quantitative estimate of drug-likeness (QED) is 0.0289. The van der Waals surface area contributed by atoms with Crippen LogP contribution >= 0.6 is 0 Å². The van der Waals surface area contributed by atoms with Crippen molar-refractivity contribution in [2.75, 3.05) is 92.2 Å². The maximum atomic E-state index is 13.1. The van der Waals surface area contributed by atoms with E-state index in [1.165, 1.54) is 13.8 Å². The summed E-state index contributed by atoms with van der Waals surface area (Å²) in [5.74, 6) is -1.62. The number of alkyl carbamates (subject to hydrolysis) is 2. The molecule has 0 saturated carbocycles. The molecule has 10 unspecified atom stereocenters. The number of hydrogen-bond acceptors (Lipinski definition) is 22. The van der Waals surface area contributed by atoms with E-state index in [4.69, 9.17) is 38.3 Å². The minimum Gasteiger partial charge on any atom is -0.450 e. The van der Waals surface area contributed by atoms with Crippen molar-refractivity contribution in [2.45, 2.75) is 203 Å². The lowest BCUT2D eigenvalue weighted by Crippen LogP contribution is -2.64. The van der Waals surface area contributed by atoms with Crippen LogP contribution in [0.25, 0.3) is 0 Å². The smallest absolute Gasteiger partial charge is 0.407 e. The van der Waals surface area contributed by atoms with Gasteiger partial charge in [-0.3, -0.25) is 24.0 Å². The first-order chi connectivity index (χ1) is 39.4. The fourth-order valence-electron chi connectivity index (χ4n) is 9.23. The summed E-state index contributed by atoms with van der Waals surface area (Å²) in [4.78, 5) is 86.0. The zero-order valence-electron chi connectivity index (χ0n) is 47.9. The van der Waals surface area contributed by atoms with Gasteiger partial charge in [0.25, 0.3) is 0 Å². The zero-order chi connectivity index (χ0) is 60.5. The van der Waals surface area contributed by atoms with Gasteiger partial charge in [0.15, 0.2) is 12.6 Å². The van der Waals surface area contributed by atoms with Gasteiger partial charge >= 0.3 is 12.2 Å². The molecule has 0 aromatic heterocycles. The first-order valence-electron chi connectivity index (χ1n) is 28.9. The lowest BCUT2D eigenvalue weighted by Gasteiger charge is -2.42. The Hall–Kier alpha value is -4.63. The van der Waals surface area contributed by atoms with Crippen molar-refractivity contribution in [3.63, 3.8) is 0 Å². The second kappa shape index (κ2) is 43.9. The Kier molecular flexibility index (Phi) is 39.4. The van der Waals surface area contributed by atoms with Crippen molar-refractivity contribution < 1.29 is 108 Å². The molecule has 82 heavy (non-hydrogen) atoms. The normalized spacial score (nSPS) is 23.1. The Morgan fingerprint density at radius 2 is 0.854 bits per heavy atom. The van der Waals surface area contributed by atoms with E-state index in [9.17, 15) is 69.3 Å². The predicted octanol–water partition coefficient (Wildman–Crippen LogP) is -2.14. The highest BCUT2D eigenvalue weighted by atomic mass is 16.7. The van der Waals surface area contributed by atoms with Gasteiger partial charge in [0.1, 0.15) is 48.7 Å². The SMILES string of the molecule is CC(=O)NC1C(OCCCC(=O)NCCCCCCNC(=O)OCCCC(CCCO)(CCCOC(=O)NCCCCCCNC(=O)CCCOC2OC(CO)C(O)C(O)C2NC(C)=O)NC(=O)CCOCCO)OC(CO)C(O)C1O. The molecule has 2 heterocycles. The number of carbonyl (C=O) groups excluding carboxylic acids is 7. The molecule has 10 atom stereocenters. The van der Waals surface area contributed by atoms with Gasteiger partial charge in [0, 0.05) is 71.4 Å². The molecule has 2 fully saturated rings. The summed E-state index contributed by atoms with van der Waals surface area (Å²) in [5, 5.41) is 98.0. The van der Waals surface area contributed by atoms with Gasteiger partial charge in [-0.1, -0.05) is 25.7 Å². The fourth-order valence-corrected chi connectivity index (χ4v) is 9.23. The van der Waals surface area contributed by atoms with E-state index >= 15 is 0 Å². The van der Waals surface area contributed by atoms with Crippen LogP contribution in [0.3, 0.4) is 0 Å². The maximum Gasteiger partial charge on any atom is 0.407 e. The Morgan fingerprint density at radius 3 is 1.24 bits per heavy atom. The summed E-state index contributed by atoms with van der Waals surface area (Å²) in [6, 6.07) is -2.13. The lowest BCUT2D eigenvalue weighted by atomic mass is 9.83. The number of unbranched alkanes of at least 4 members (excludes halogenated alkanes) is 6. The molecule has 15 N–H and O–H groups in total. The number of amides is 7. The highest BCUT2D eigenvalue weighted by Gasteiger charge is 2.46. The fraction of sp³-hybridized carbons (Fsp3) is 0.868. The number of hydrogen-bond donors (Lipinski definition) is 15. The van der Waals surface area contributed by atoms with Crippen LogP contribution in [0.4, 0.5) is 9.59 Å². The van der Waals surface area contributed by atoms with Crippen LogP contribution in [0, 0.1) is 0 Å². The van der Waals surface area contributed by atoms with Gasteiger partial charge in [-0.15, -0.1) is 0 Å². The van der Waals surface area contributed by atoms with Crippen molar-refractivity contribution in [3.05, 3.63) is 0 Å². The highest BCUT2D eigenvalue weighted by Crippen LogP contribution is 2.27. The van der Waals surface area contributed by atoms with Crippen LogP contribution in [0.1, 0.15) is 136 Å². The molecule has 0 aliphatic carbocycles. The van der Waals surface area contributed by atoms with E-state index < -0.39 is 104 Å². The molecule has 0 aromatic carbocycles. The molecule has 476 valence electrons. The number of ether oxygens (including phenoxy) is 7. The highest BCUT2D eigenvalue weighted by molar-refractivity contribution is 5.77. The molecule has 0 radical (unpaired) electrons. The number of nitrogens with one attached hydrogen (secondary N) is 7. The number of aliphatic hydroxyl groups is 8. The molecular weight excluding hydrogens is 1090 g/mol. The third-order valence-electron chi connectivity index (χ3n) is 13.5. The standard InChI is InChI=1S/C53H97N7O22/c1-36(65)58-43-47(72)45(70)38(34-63)81-49(43)77-28-11-16-40(67)54-22-7-3-5-9-24-56-51(74)79-30-14-20-53(19-13-26-61,60-42(69)18-32-76-33-27-62)21-15-31-80-52(75)57-25-10-6-4-8-23-55-41(68)17-12-29-78-50-44(59-37(2)66)48(73)46(71)39(35-64)82-50/h38-39,43-50,61-64,70-73H,3-35H2,1-2H3,(H,54,67)(H,55,68)(H,56,74)(H,57,75)(H,58,65)(H,59,66)(H,60,69). The summed E-state index contributed by atoms with van der Waals surface area (Å²) in [6.07, 6.45) is -2.16. The third kappa shape index (κ3) is 31.3. The van der Waals surface area contributed by atoms with E-state index in [0.29, 0.717) is 103 Å². The van der Waals surface area contributed by atoms with Gasteiger partial charge in [-0.05, 0) is 77.0 Å². The number of aliphatic hydroxyl groups excluding tert-OH is 8. The molecule has 29 nitrogen and oxygen atoms in total. The van der Waals surface area contributed by atoms with Crippen LogP contribution in [-0.4, -0.2) is 242 Å². The first kappa shape index (κ1) is 73.5. The Bertz CT molecular complexity index is 1710. The van der Waals surface area contributed by atoms with Crippen molar-refractivity contribution in [3.8, 4) is 0 Å². The topological polar surface area (TPSA) is 430 Å². The Balaban J connectivity index is 1.63. The Labute approximate surface area is 480 Å². The number of rotatable bonds is 45. The minimum atomic E-state index is -1.43. The molecule has 0 spiro atoms. The van der Waals surface area contributed by atoms with Crippen molar-refractivity contribution in [1.29, 1.82) is 0 Å². The van der Waals surface area contributed by atoms with Crippen LogP contribution in [0.2, 0.25) is 0 Å². The molecule has 29 heteroatoms. The minimum absolute atomic E-state index is 0.0286. The summed E-state index contributed by atoms with van der Waals surface area (Å²) in [5.41, 5.74) is -0.822. The van der Waals surface area contributed by atoms with Crippen molar-refractivity contribution >= 4 is 41.7 Å². The average molecular weight is 1180 g/mol. The molecular formula is C53H97N7O22. The lowest BCUT2D eigenvalue weighted by molar-refractivity contribution is -0.270. The van der Waals surface area contributed by atoms with E-state index in [1.807, 2.05) is 0 Å². The van der Waals surface area contributed by atoms with Crippen LogP contribution < -0.4 is 37.2 Å². The van der Waals surface area contributed by atoms with Gasteiger partial charge in [-0.2, -0.15) is 0 Å². The molecule has 2 rings (SSSR count). The molecule has 2 aliphatic rings. The molecule has 7 amide bonds. The van der Waals surface area contributed by atoms with Gasteiger partial charge in [0.05, 0.1) is 59.5 Å². The van der Waals surface area contributed by atoms with Crippen molar-refractivity contribution in [2.24, 2.45) is 0 Å². The van der Waals surface area contributed by atoms with E-state index in [0.717, 1.165) is 25.7 Å². The second-order valence-electron chi connectivity index (χ2n) is 20.4. The van der Waals surface area contributed by atoms with E-state index in [-0.39, 0.29) is 89.8 Å². The molecule has 2 saturated heterocycles. The predicted molar refractivity (Wildman–Crippen MR) is 291 cm³/mol. The van der Waals surface area contributed by atoms with Gasteiger partial charge in [0.2, 0.25) is 29.5 Å². The van der Waals surface area contributed by atoms with Crippen LogP contribution in [0.15, 0.2) is 0 Å². The van der Waals surface area contributed by atoms with Gasteiger partial charge in [-0.25, -0.2) is 9.59 Å². The largest absolute Gasteiger partial charge is 0.450 e. The summed E-state index contributed by atoms with van der Waals surface area (Å²) in [6.45, 7) is 3.08.